The summed E-state index contributed by atoms with van der Waals surface area (Å²) in [7, 11) is 1.62. The molecule has 2 N–H and O–H groups in total. The summed E-state index contributed by atoms with van der Waals surface area (Å²) in [5.41, 5.74) is 9.89. The zero-order chi connectivity index (χ0) is 23.3. The number of methoxy groups -OCH3 is 1. The monoisotopic (exact) mass is 465 g/mol. The van der Waals surface area contributed by atoms with E-state index < -0.39 is 0 Å². The molecular weight excluding hydrogens is 438 g/mol. The quantitative estimate of drug-likeness (QED) is 0.624. The second-order valence-corrected chi connectivity index (χ2v) is 10.4. The van der Waals surface area contributed by atoms with Crippen LogP contribution in [0.15, 0.2) is 24.3 Å². The van der Waals surface area contributed by atoms with Crippen molar-refractivity contribution in [1.82, 2.24) is 9.88 Å². The summed E-state index contributed by atoms with van der Waals surface area (Å²) >= 11 is 1.31. The molecule has 172 valence electrons. The predicted molar refractivity (Wildman–Crippen MR) is 129 cm³/mol. The van der Waals surface area contributed by atoms with Crippen LogP contribution < -0.4 is 10.5 Å². The van der Waals surface area contributed by atoms with Gasteiger partial charge in [0, 0.05) is 36.0 Å². The van der Waals surface area contributed by atoms with E-state index in [9.17, 15) is 9.59 Å². The highest BCUT2D eigenvalue weighted by atomic mass is 32.1. The van der Waals surface area contributed by atoms with Gasteiger partial charge in [0.15, 0.2) is 5.78 Å². The van der Waals surface area contributed by atoms with Crippen LogP contribution in [0.5, 0.6) is 5.75 Å². The van der Waals surface area contributed by atoms with Gasteiger partial charge in [-0.2, -0.15) is 0 Å². The van der Waals surface area contributed by atoms with Crippen LogP contribution in [-0.4, -0.2) is 55.0 Å². The molecule has 2 aromatic heterocycles. The number of morpholine rings is 1. The van der Waals surface area contributed by atoms with Crippen molar-refractivity contribution in [2.75, 3.05) is 39.1 Å². The van der Waals surface area contributed by atoms with Crippen molar-refractivity contribution in [3.05, 3.63) is 40.4 Å². The summed E-state index contributed by atoms with van der Waals surface area (Å²) in [5, 5.41) is 0.689. The number of hydrogen-bond donors (Lipinski definition) is 1. The minimum atomic E-state index is -0.169. The molecule has 5 rings (SSSR count). The molecule has 1 amide bonds. The van der Waals surface area contributed by atoms with Gasteiger partial charge in [0.2, 0.25) is 0 Å². The minimum absolute atomic E-state index is 0.0631. The lowest BCUT2D eigenvalue weighted by Crippen LogP contribution is -2.40. The number of pyridine rings is 1. The molecular formula is C25H27N3O4S. The maximum atomic E-state index is 13.4. The number of thiophene rings is 1. The maximum Gasteiger partial charge on any atom is 0.266 e. The predicted octanol–water partition coefficient (Wildman–Crippen LogP) is 4.18. The molecule has 2 aliphatic rings. The largest absolute Gasteiger partial charge is 0.497 e. The minimum Gasteiger partial charge on any atom is -0.497 e. The Hall–Kier alpha value is -2.97. The molecule has 0 bridgehead atoms. The molecule has 1 fully saturated rings. The number of fused-ring (bicyclic) bond motifs is 2. The molecule has 8 heteroatoms. The fraction of sp³-hybridized carbons (Fsp3) is 0.400. The Labute approximate surface area is 196 Å². The van der Waals surface area contributed by atoms with Crippen molar-refractivity contribution >= 4 is 38.9 Å². The average molecular weight is 466 g/mol. The number of anilines is 1. The molecule has 0 unspecified atom stereocenters. The van der Waals surface area contributed by atoms with Crippen molar-refractivity contribution in [3.63, 3.8) is 0 Å². The molecule has 0 atom stereocenters. The van der Waals surface area contributed by atoms with Crippen LogP contribution in [0.25, 0.3) is 21.3 Å². The fourth-order valence-electron chi connectivity index (χ4n) is 4.78. The van der Waals surface area contributed by atoms with Crippen LogP contribution in [-0.2, 0) is 11.2 Å². The van der Waals surface area contributed by atoms with E-state index in [0.29, 0.717) is 65.5 Å². The number of rotatable bonds is 3. The van der Waals surface area contributed by atoms with Crippen LogP contribution in [0.4, 0.5) is 5.69 Å². The summed E-state index contributed by atoms with van der Waals surface area (Å²) in [6.45, 7) is 6.28. The normalized spacial score (nSPS) is 17.8. The maximum absolute atomic E-state index is 13.4. The van der Waals surface area contributed by atoms with Crippen LogP contribution in [0.2, 0.25) is 0 Å². The molecule has 0 spiro atoms. The van der Waals surface area contributed by atoms with Crippen molar-refractivity contribution < 1.29 is 19.1 Å². The van der Waals surface area contributed by atoms with Crippen molar-refractivity contribution in [2.45, 2.75) is 26.7 Å². The van der Waals surface area contributed by atoms with Crippen molar-refractivity contribution in [1.29, 1.82) is 0 Å². The van der Waals surface area contributed by atoms with E-state index in [1.807, 2.05) is 24.3 Å². The first kappa shape index (κ1) is 21.9. The van der Waals surface area contributed by atoms with Crippen LogP contribution in [0.1, 0.15) is 46.0 Å². The molecule has 1 aliphatic heterocycles. The molecule has 0 radical (unpaired) electrons. The summed E-state index contributed by atoms with van der Waals surface area (Å²) in [6.07, 6.45) is 1.14. The van der Waals surface area contributed by atoms with Gasteiger partial charge in [0.05, 0.1) is 31.7 Å². The molecule has 1 aliphatic carbocycles. The SMILES string of the molecule is COc1ccc(-c2c3c(nc4sc(C(=O)N5CCOCC5)c(N)c24)CC(C)(C)CC3=O)cc1. The molecule has 3 heterocycles. The van der Waals surface area contributed by atoms with Gasteiger partial charge in [0.1, 0.15) is 15.5 Å². The zero-order valence-corrected chi connectivity index (χ0v) is 19.9. The van der Waals surface area contributed by atoms with E-state index in [1.165, 1.54) is 11.3 Å². The van der Waals surface area contributed by atoms with Gasteiger partial charge < -0.3 is 20.1 Å². The number of nitrogens with two attached hydrogens (primary N) is 1. The van der Waals surface area contributed by atoms with Crippen molar-refractivity contribution in [2.24, 2.45) is 5.41 Å². The van der Waals surface area contributed by atoms with Gasteiger partial charge >= 0.3 is 0 Å². The molecule has 33 heavy (non-hydrogen) atoms. The molecule has 0 saturated carbocycles. The van der Waals surface area contributed by atoms with Gasteiger partial charge in [-0.1, -0.05) is 26.0 Å². The Bertz CT molecular complexity index is 1260. The number of carbonyl (C=O) groups is 2. The summed E-state index contributed by atoms with van der Waals surface area (Å²) in [6, 6.07) is 7.60. The topological polar surface area (TPSA) is 94.8 Å². The molecule has 7 nitrogen and oxygen atoms in total. The lowest BCUT2D eigenvalue weighted by atomic mass is 9.73. The molecule has 1 saturated heterocycles. The smallest absolute Gasteiger partial charge is 0.266 e. The third-order valence-corrected chi connectivity index (χ3v) is 7.47. The number of nitrogen functional groups attached to an aromatic ring is 1. The first-order chi connectivity index (χ1) is 15.8. The lowest BCUT2D eigenvalue weighted by molar-refractivity contribution is 0.0307. The Kier molecular flexibility index (Phi) is 5.37. The third-order valence-electron chi connectivity index (χ3n) is 6.39. The van der Waals surface area contributed by atoms with Crippen LogP contribution in [0, 0.1) is 5.41 Å². The van der Waals surface area contributed by atoms with Gasteiger partial charge in [-0.25, -0.2) is 4.98 Å². The standard InChI is InChI=1S/C25H27N3O4S/c1-25(2)12-16-19(17(29)13-25)18(14-4-6-15(31-3)7-5-14)20-21(26)22(33-23(20)27-16)24(30)28-8-10-32-11-9-28/h4-7H,8-13,26H2,1-3H3. The Morgan fingerprint density at radius 2 is 1.85 bits per heavy atom. The lowest BCUT2D eigenvalue weighted by Gasteiger charge is -2.31. The second kappa shape index (κ2) is 8.11. The van der Waals surface area contributed by atoms with Crippen LogP contribution >= 0.6 is 11.3 Å². The van der Waals surface area contributed by atoms with Gasteiger partial charge in [0.25, 0.3) is 5.91 Å². The summed E-state index contributed by atoms with van der Waals surface area (Å²) < 4.78 is 10.7. The zero-order valence-electron chi connectivity index (χ0n) is 19.1. The highest BCUT2D eigenvalue weighted by Crippen LogP contribution is 2.46. The van der Waals surface area contributed by atoms with Crippen LogP contribution in [0.3, 0.4) is 0 Å². The van der Waals surface area contributed by atoms with Gasteiger partial charge in [-0.15, -0.1) is 11.3 Å². The summed E-state index contributed by atoms with van der Waals surface area (Å²) in [5.74, 6) is 0.684. The summed E-state index contributed by atoms with van der Waals surface area (Å²) in [4.78, 5) is 34.5. The Morgan fingerprint density at radius 1 is 1.15 bits per heavy atom. The number of Topliss-reactive ketones (excluding diaryl/α,β-unsaturated/α-hetero) is 1. The highest BCUT2D eigenvalue weighted by molar-refractivity contribution is 7.21. The number of benzene rings is 1. The first-order valence-electron chi connectivity index (χ1n) is 11.1. The number of nitrogens with zero attached hydrogens (tertiary/aromatic N) is 2. The van der Waals surface area contributed by atoms with Gasteiger partial charge in [-0.3, -0.25) is 9.59 Å². The average Bonchev–Trinajstić information content (AvgIpc) is 3.13. The number of ketones is 1. The van der Waals surface area contributed by atoms with E-state index in [2.05, 4.69) is 13.8 Å². The van der Waals surface area contributed by atoms with E-state index in [0.717, 1.165) is 22.6 Å². The van der Waals surface area contributed by atoms with E-state index in [1.54, 1.807) is 12.0 Å². The number of carbonyl (C=O) groups excluding carboxylic acids is 2. The number of ether oxygens (including phenoxy) is 2. The first-order valence-corrected chi connectivity index (χ1v) is 11.9. The highest BCUT2D eigenvalue weighted by Gasteiger charge is 2.36. The number of amides is 1. The van der Waals surface area contributed by atoms with E-state index >= 15 is 0 Å². The molecule has 1 aromatic carbocycles. The Balaban J connectivity index is 1.75. The Morgan fingerprint density at radius 3 is 2.52 bits per heavy atom. The molecule has 3 aromatic rings. The number of hydrogen-bond acceptors (Lipinski definition) is 7. The van der Waals surface area contributed by atoms with E-state index in [4.69, 9.17) is 20.2 Å². The fourth-order valence-corrected chi connectivity index (χ4v) is 5.87. The third kappa shape index (κ3) is 3.77. The van der Waals surface area contributed by atoms with Gasteiger partial charge in [-0.05, 0) is 29.5 Å². The second-order valence-electron chi connectivity index (χ2n) is 9.41. The van der Waals surface area contributed by atoms with E-state index in [-0.39, 0.29) is 17.1 Å². The number of aromatic nitrogens is 1. The van der Waals surface area contributed by atoms with Crippen molar-refractivity contribution in [3.8, 4) is 16.9 Å².